The molecule has 5 heteroatoms. The Morgan fingerprint density at radius 2 is 1.69 bits per heavy atom. The van der Waals surface area contributed by atoms with Crippen LogP contribution < -0.4 is 15.0 Å². The molecule has 2 heterocycles. The van der Waals surface area contributed by atoms with E-state index in [1.165, 1.54) is 5.56 Å². The number of carbonyl (C=O) groups is 1. The van der Waals surface area contributed by atoms with Gasteiger partial charge in [0.15, 0.2) is 0 Å². The van der Waals surface area contributed by atoms with E-state index in [0.717, 1.165) is 27.8 Å². The summed E-state index contributed by atoms with van der Waals surface area (Å²) in [5, 5.41) is 0.765. The van der Waals surface area contributed by atoms with Crippen LogP contribution >= 0.6 is 0 Å². The number of hydrogen-bond acceptors (Lipinski definition) is 4. The third-order valence-corrected chi connectivity index (χ3v) is 6.03. The average molecular weight is 425 g/mol. The van der Waals surface area contributed by atoms with Crippen LogP contribution in [0.1, 0.15) is 34.6 Å². The summed E-state index contributed by atoms with van der Waals surface area (Å²) in [6.07, 6.45) is 0.129. The zero-order valence-corrected chi connectivity index (χ0v) is 18.0. The predicted molar refractivity (Wildman–Crippen MR) is 123 cm³/mol. The van der Waals surface area contributed by atoms with Crippen molar-refractivity contribution in [3.8, 4) is 11.5 Å². The minimum absolute atomic E-state index is 0.129. The maximum Gasteiger partial charge on any atom is 0.312 e. The third kappa shape index (κ3) is 3.56. The Kier molecular flexibility index (Phi) is 5.02. The molecule has 0 amide bonds. The summed E-state index contributed by atoms with van der Waals surface area (Å²) in [6, 6.07) is 23.3. The molecule has 1 aliphatic rings. The first-order valence-corrected chi connectivity index (χ1v) is 10.6. The molecule has 1 atom stereocenters. The van der Waals surface area contributed by atoms with Gasteiger partial charge in [0.1, 0.15) is 18.1 Å². The van der Waals surface area contributed by atoms with Crippen LogP contribution in [-0.2, 0) is 18.4 Å². The van der Waals surface area contributed by atoms with Crippen molar-refractivity contribution in [3.05, 3.63) is 105 Å². The number of fused-ring (bicyclic) bond motifs is 3. The van der Waals surface area contributed by atoms with Crippen molar-refractivity contribution in [2.75, 3.05) is 0 Å². The SMILES string of the molecule is Cc1ccc(COc2ccc(C3CC(=O)Oc4c3c(=O)n(C)c3ccccc43)cc2)cc1. The fraction of sp³-hybridized carbons (Fsp3) is 0.185. The molecule has 0 aliphatic carbocycles. The molecular weight excluding hydrogens is 402 g/mol. The van der Waals surface area contributed by atoms with Gasteiger partial charge in [-0.2, -0.15) is 0 Å². The van der Waals surface area contributed by atoms with Gasteiger partial charge in [0.25, 0.3) is 5.56 Å². The van der Waals surface area contributed by atoms with Gasteiger partial charge in [-0.25, -0.2) is 0 Å². The molecule has 5 nitrogen and oxygen atoms in total. The Morgan fingerprint density at radius 3 is 2.44 bits per heavy atom. The van der Waals surface area contributed by atoms with Crippen molar-refractivity contribution < 1.29 is 14.3 Å². The lowest BCUT2D eigenvalue weighted by Gasteiger charge is -2.26. The van der Waals surface area contributed by atoms with Gasteiger partial charge in [0.2, 0.25) is 0 Å². The summed E-state index contributed by atoms with van der Waals surface area (Å²) in [5.74, 6) is 0.422. The summed E-state index contributed by atoms with van der Waals surface area (Å²) in [6.45, 7) is 2.53. The van der Waals surface area contributed by atoms with Crippen molar-refractivity contribution in [1.29, 1.82) is 0 Å². The lowest BCUT2D eigenvalue weighted by atomic mass is 9.86. The smallest absolute Gasteiger partial charge is 0.312 e. The molecule has 1 aromatic heterocycles. The topological polar surface area (TPSA) is 57.5 Å². The molecule has 0 saturated heterocycles. The lowest BCUT2D eigenvalue weighted by molar-refractivity contribution is -0.135. The minimum atomic E-state index is -0.360. The van der Waals surface area contributed by atoms with E-state index in [1.54, 1.807) is 11.6 Å². The van der Waals surface area contributed by atoms with Crippen LogP contribution in [0.4, 0.5) is 0 Å². The first-order valence-electron chi connectivity index (χ1n) is 10.6. The van der Waals surface area contributed by atoms with E-state index in [1.807, 2.05) is 60.7 Å². The Balaban J connectivity index is 1.47. The number of hydrogen-bond donors (Lipinski definition) is 0. The van der Waals surface area contributed by atoms with E-state index in [2.05, 4.69) is 19.1 Å². The van der Waals surface area contributed by atoms with Crippen LogP contribution in [0.15, 0.2) is 77.6 Å². The van der Waals surface area contributed by atoms with Crippen LogP contribution in [0.25, 0.3) is 10.9 Å². The van der Waals surface area contributed by atoms with Gasteiger partial charge in [-0.3, -0.25) is 9.59 Å². The summed E-state index contributed by atoms with van der Waals surface area (Å²) in [7, 11) is 1.75. The molecule has 4 aromatic rings. The van der Waals surface area contributed by atoms with E-state index in [0.29, 0.717) is 17.9 Å². The monoisotopic (exact) mass is 425 g/mol. The van der Waals surface area contributed by atoms with Crippen molar-refractivity contribution in [3.63, 3.8) is 0 Å². The second kappa shape index (κ2) is 8.00. The zero-order valence-electron chi connectivity index (χ0n) is 18.0. The Labute approximate surface area is 185 Å². The maximum absolute atomic E-state index is 13.2. The quantitative estimate of drug-likeness (QED) is 0.438. The number of para-hydroxylation sites is 1. The molecular formula is C27H23NO4. The number of aromatic nitrogens is 1. The first-order chi connectivity index (χ1) is 15.5. The molecule has 0 spiro atoms. The van der Waals surface area contributed by atoms with E-state index >= 15 is 0 Å². The molecule has 0 saturated carbocycles. The number of carbonyl (C=O) groups excluding carboxylic acids is 1. The molecule has 0 fully saturated rings. The van der Waals surface area contributed by atoms with E-state index in [9.17, 15) is 9.59 Å². The van der Waals surface area contributed by atoms with E-state index in [-0.39, 0.29) is 23.9 Å². The van der Waals surface area contributed by atoms with Gasteiger partial charge in [-0.1, -0.05) is 54.1 Å². The zero-order chi connectivity index (χ0) is 22.2. The van der Waals surface area contributed by atoms with Crippen LogP contribution in [-0.4, -0.2) is 10.5 Å². The molecule has 0 radical (unpaired) electrons. The van der Waals surface area contributed by atoms with Gasteiger partial charge in [-0.15, -0.1) is 0 Å². The standard InChI is InChI=1S/C27H23NO4/c1-17-7-9-18(10-8-17)16-31-20-13-11-19(12-14-20)22-15-24(29)32-26-21-5-3-4-6-23(21)28(2)27(30)25(22)26/h3-14,22H,15-16H2,1-2H3. The molecule has 1 unspecified atom stereocenters. The Hall–Kier alpha value is -3.86. The van der Waals surface area contributed by atoms with Gasteiger partial charge in [0.05, 0.1) is 17.5 Å². The van der Waals surface area contributed by atoms with Crippen LogP contribution in [0.5, 0.6) is 11.5 Å². The number of nitrogens with zero attached hydrogens (tertiary/aromatic N) is 1. The fourth-order valence-electron chi connectivity index (χ4n) is 4.26. The van der Waals surface area contributed by atoms with Crippen LogP contribution in [0, 0.1) is 6.92 Å². The van der Waals surface area contributed by atoms with Gasteiger partial charge in [-0.05, 0) is 42.3 Å². The normalized spacial score (nSPS) is 15.3. The average Bonchev–Trinajstić information content (AvgIpc) is 2.82. The summed E-state index contributed by atoms with van der Waals surface area (Å²) in [5.41, 5.74) is 4.32. The number of rotatable bonds is 4. The molecule has 32 heavy (non-hydrogen) atoms. The second-order valence-electron chi connectivity index (χ2n) is 8.20. The highest BCUT2D eigenvalue weighted by molar-refractivity contribution is 5.91. The molecule has 160 valence electrons. The maximum atomic E-state index is 13.2. The third-order valence-electron chi connectivity index (χ3n) is 6.03. The van der Waals surface area contributed by atoms with Crippen molar-refractivity contribution in [2.45, 2.75) is 25.9 Å². The Morgan fingerprint density at radius 1 is 0.969 bits per heavy atom. The molecule has 0 bridgehead atoms. The number of esters is 1. The highest BCUT2D eigenvalue weighted by Gasteiger charge is 2.33. The summed E-state index contributed by atoms with van der Waals surface area (Å²) >= 11 is 0. The lowest BCUT2D eigenvalue weighted by Crippen LogP contribution is -2.31. The van der Waals surface area contributed by atoms with Crippen molar-refractivity contribution >= 4 is 16.9 Å². The molecule has 5 rings (SSSR count). The number of pyridine rings is 1. The Bertz CT molecular complexity index is 1370. The van der Waals surface area contributed by atoms with Crippen LogP contribution in [0.2, 0.25) is 0 Å². The van der Waals surface area contributed by atoms with E-state index in [4.69, 9.17) is 9.47 Å². The summed E-state index contributed by atoms with van der Waals surface area (Å²) in [4.78, 5) is 25.7. The number of ether oxygens (including phenoxy) is 2. The predicted octanol–water partition coefficient (Wildman–Crippen LogP) is 4.87. The molecule has 3 aromatic carbocycles. The number of aryl methyl sites for hydroxylation is 2. The molecule has 1 aliphatic heterocycles. The van der Waals surface area contributed by atoms with Gasteiger partial charge < -0.3 is 14.0 Å². The van der Waals surface area contributed by atoms with Gasteiger partial charge in [0, 0.05) is 18.4 Å². The second-order valence-corrected chi connectivity index (χ2v) is 8.20. The van der Waals surface area contributed by atoms with Crippen molar-refractivity contribution in [1.82, 2.24) is 4.57 Å². The highest BCUT2D eigenvalue weighted by Crippen LogP contribution is 2.40. The molecule has 0 N–H and O–H groups in total. The van der Waals surface area contributed by atoms with Crippen molar-refractivity contribution in [2.24, 2.45) is 7.05 Å². The first kappa shape index (κ1) is 20.1. The summed E-state index contributed by atoms with van der Waals surface area (Å²) < 4.78 is 13.1. The number of benzene rings is 3. The minimum Gasteiger partial charge on any atom is -0.489 e. The fourth-order valence-corrected chi connectivity index (χ4v) is 4.26. The van der Waals surface area contributed by atoms with Gasteiger partial charge >= 0.3 is 5.97 Å². The van der Waals surface area contributed by atoms with Crippen LogP contribution in [0.3, 0.4) is 0 Å². The largest absolute Gasteiger partial charge is 0.489 e. The van der Waals surface area contributed by atoms with E-state index < -0.39 is 0 Å². The highest BCUT2D eigenvalue weighted by atomic mass is 16.5.